The predicted octanol–water partition coefficient (Wildman–Crippen LogP) is 0.956. The summed E-state index contributed by atoms with van der Waals surface area (Å²) in [6.45, 7) is 6.66. The highest BCUT2D eigenvalue weighted by Crippen LogP contribution is 2.10. The average molecular weight is 295 g/mol. The topological polar surface area (TPSA) is 8.88 Å². The van der Waals surface area contributed by atoms with Crippen LogP contribution in [0, 0.1) is 0 Å². The molecule has 2 nitrogen and oxygen atoms in total. The van der Waals surface area contributed by atoms with Gasteiger partial charge < -0.3 is 9.80 Å². The Bertz CT molecular complexity index is 421. The molecule has 110 valence electrons. The Kier molecular flexibility index (Phi) is 4.98. The van der Waals surface area contributed by atoms with Gasteiger partial charge in [0.15, 0.2) is 0 Å². The minimum Gasteiger partial charge on any atom is -0.332 e. The van der Waals surface area contributed by atoms with Gasteiger partial charge in [0.05, 0.1) is 32.2 Å². The summed E-state index contributed by atoms with van der Waals surface area (Å²) in [6.07, 6.45) is 7.18. The molecule has 0 unspecified atom stereocenters. The van der Waals surface area contributed by atoms with Crippen LogP contribution in [-0.4, -0.2) is 32.2 Å². The lowest BCUT2D eigenvalue weighted by Crippen LogP contribution is -3.20. The minimum absolute atomic E-state index is 0.870. The Morgan fingerprint density at radius 3 is 2.45 bits per heavy atom. The number of halogens is 1. The minimum atomic E-state index is 0.870. The van der Waals surface area contributed by atoms with Gasteiger partial charge in [-0.25, -0.2) is 0 Å². The van der Waals surface area contributed by atoms with Crippen molar-refractivity contribution in [2.45, 2.75) is 44.7 Å². The lowest BCUT2D eigenvalue weighted by molar-refractivity contribution is -0.965. The second-order valence-corrected chi connectivity index (χ2v) is 6.99. The number of hydrogen-bond donors (Lipinski definition) is 2. The first-order chi connectivity index (χ1) is 9.81. The molecule has 2 heterocycles. The van der Waals surface area contributed by atoms with Crippen LogP contribution in [0.2, 0.25) is 5.02 Å². The van der Waals surface area contributed by atoms with Crippen LogP contribution in [0.4, 0.5) is 0 Å². The van der Waals surface area contributed by atoms with E-state index in [4.69, 9.17) is 11.6 Å². The normalized spacial score (nSPS) is 28.4. The average Bonchev–Trinajstić information content (AvgIpc) is 2.49. The first kappa shape index (κ1) is 14.4. The molecule has 0 atom stereocenters. The van der Waals surface area contributed by atoms with E-state index in [1.807, 2.05) is 11.0 Å². The van der Waals surface area contributed by atoms with Gasteiger partial charge in [-0.3, -0.25) is 0 Å². The number of nitrogens with one attached hydrogen (secondary N) is 2. The Labute approximate surface area is 127 Å². The zero-order valence-electron chi connectivity index (χ0n) is 12.3. The fourth-order valence-electron chi connectivity index (χ4n) is 3.96. The van der Waals surface area contributed by atoms with Gasteiger partial charge in [0, 0.05) is 23.4 Å². The van der Waals surface area contributed by atoms with E-state index in [1.54, 1.807) is 4.90 Å². The lowest BCUT2D eigenvalue weighted by Gasteiger charge is -2.36. The maximum atomic E-state index is 6.07. The molecule has 1 aromatic rings. The van der Waals surface area contributed by atoms with Gasteiger partial charge in [-0.15, -0.1) is 0 Å². The van der Waals surface area contributed by atoms with Gasteiger partial charge in [0.1, 0.15) is 6.54 Å². The standard InChI is InChI=1S/C17H25ClN2/c18-16-6-4-5-15(13-16)14-19-11-7-17(8-12-19)20-9-2-1-3-10-20/h4-6,13,17H,1-3,7-12,14H2/p+2. The molecule has 2 aliphatic rings. The molecule has 0 aliphatic carbocycles. The van der Waals surface area contributed by atoms with Crippen molar-refractivity contribution in [1.29, 1.82) is 0 Å². The molecule has 0 amide bonds. The molecule has 0 spiro atoms. The highest BCUT2D eigenvalue weighted by Gasteiger charge is 2.30. The van der Waals surface area contributed by atoms with Crippen molar-refractivity contribution in [1.82, 2.24) is 0 Å². The summed E-state index contributed by atoms with van der Waals surface area (Å²) in [5, 5.41) is 0.870. The summed E-state index contributed by atoms with van der Waals surface area (Å²) in [7, 11) is 0. The highest BCUT2D eigenvalue weighted by molar-refractivity contribution is 6.30. The summed E-state index contributed by atoms with van der Waals surface area (Å²) in [5.74, 6) is 0. The number of rotatable bonds is 3. The van der Waals surface area contributed by atoms with E-state index in [0.29, 0.717) is 0 Å². The lowest BCUT2D eigenvalue weighted by atomic mass is 9.99. The molecule has 3 rings (SSSR count). The number of likely N-dealkylation sites (tertiary alicyclic amines) is 2. The second kappa shape index (κ2) is 6.93. The molecule has 2 N–H and O–H groups in total. The van der Waals surface area contributed by atoms with Crippen LogP contribution in [0.5, 0.6) is 0 Å². The van der Waals surface area contributed by atoms with E-state index >= 15 is 0 Å². The van der Waals surface area contributed by atoms with E-state index in [1.165, 1.54) is 63.8 Å². The molecule has 0 bridgehead atoms. The molecule has 2 fully saturated rings. The molecule has 1 aromatic carbocycles. The number of piperidine rings is 2. The summed E-state index contributed by atoms with van der Waals surface area (Å²) in [5.41, 5.74) is 1.39. The largest absolute Gasteiger partial charge is 0.332 e. The summed E-state index contributed by atoms with van der Waals surface area (Å²) >= 11 is 6.07. The van der Waals surface area contributed by atoms with Crippen LogP contribution in [0.25, 0.3) is 0 Å². The Hall–Kier alpha value is -0.570. The summed E-state index contributed by atoms with van der Waals surface area (Å²) < 4.78 is 0. The van der Waals surface area contributed by atoms with Crippen molar-refractivity contribution in [3.8, 4) is 0 Å². The predicted molar refractivity (Wildman–Crippen MR) is 83.4 cm³/mol. The molecule has 20 heavy (non-hydrogen) atoms. The molecule has 0 radical (unpaired) electrons. The highest BCUT2D eigenvalue weighted by atomic mass is 35.5. The van der Waals surface area contributed by atoms with Crippen molar-refractivity contribution in [2.75, 3.05) is 26.2 Å². The van der Waals surface area contributed by atoms with Gasteiger partial charge in [-0.05, 0) is 31.4 Å². The van der Waals surface area contributed by atoms with Crippen molar-refractivity contribution < 1.29 is 9.80 Å². The van der Waals surface area contributed by atoms with Crippen molar-refractivity contribution in [2.24, 2.45) is 0 Å². The Morgan fingerprint density at radius 2 is 1.75 bits per heavy atom. The molecule has 2 saturated heterocycles. The van der Waals surface area contributed by atoms with Crippen LogP contribution in [-0.2, 0) is 6.54 Å². The van der Waals surface area contributed by atoms with E-state index < -0.39 is 0 Å². The van der Waals surface area contributed by atoms with Crippen molar-refractivity contribution in [3.63, 3.8) is 0 Å². The van der Waals surface area contributed by atoms with E-state index in [-0.39, 0.29) is 0 Å². The molecule has 0 aromatic heterocycles. The SMILES string of the molecule is Clc1cccc(C[NH+]2CCC([NH+]3CCCCC3)CC2)c1. The summed E-state index contributed by atoms with van der Waals surface area (Å²) in [4.78, 5) is 3.64. The van der Waals surface area contributed by atoms with Gasteiger partial charge in [-0.2, -0.15) is 0 Å². The zero-order valence-corrected chi connectivity index (χ0v) is 13.1. The Morgan fingerprint density at radius 1 is 1.00 bits per heavy atom. The van der Waals surface area contributed by atoms with Gasteiger partial charge in [0.2, 0.25) is 0 Å². The monoisotopic (exact) mass is 294 g/mol. The van der Waals surface area contributed by atoms with Crippen LogP contribution in [0.15, 0.2) is 24.3 Å². The maximum Gasteiger partial charge on any atom is 0.103 e. The second-order valence-electron chi connectivity index (χ2n) is 6.55. The number of quaternary nitrogens is 2. The Balaban J connectivity index is 1.48. The van der Waals surface area contributed by atoms with Crippen LogP contribution in [0.3, 0.4) is 0 Å². The summed E-state index contributed by atoms with van der Waals surface area (Å²) in [6, 6.07) is 9.31. The van der Waals surface area contributed by atoms with Crippen LogP contribution >= 0.6 is 11.6 Å². The smallest absolute Gasteiger partial charge is 0.103 e. The molecular formula is C17H27ClN2+2. The number of benzene rings is 1. The van der Waals surface area contributed by atoms with Gasteiger partial charge in [-0.1, -0.05) is 23.7 Å². The van der Waals surface area contributed by atoms with E-state index in [2.05, 4.69) is 18.2 Å². The molecule has 3 heteroatoms. The van der Waals surface area contributed by atoms with Crippen molar-refractivity contribution >= 4 is 11.6 Å². The fourth-order valence-corrected chi connectivity index (χ4v) is 4.17. The van der Waals surface area contributed by atoms with Crippen molar-refractivity contribution in [3.05, 3.63) is 34.9 Å². The van der Waals surface area contributed by atoms with E-state index in [9.17, 15) is 0 Å². The molecular weight excluding hydrogens is 268 g/mol. The van der Waals surface area contributed by atoms with Crippen LogP contribution in [0.1, 0.15) is 37.7 Å². The molecule has 0 saturated carbocycles. The van der Waals surface area contributed by atoms with Gasteiger partial charge in [0.25, 0.3) is 0 Å². The van der Waals surface area contributed by atoms with Gasteiger partial charge >= 0.3 is 0 Å². The first-order valence-corrected chi connectivity index (χ1v) is 8.61. The zero-order chi connectivity index (χ0) is 13.8. The maximum absolute atomic E-state index is 6.07. The van der Waals surface area contributed by atoms with E-state index in [0.717, 1.165) is 17.6 Å². The quantitative estimate of drug-likeness (QED) is 0.822. The third kappa shape index (κ3) is 3.75. The third-order valence-corrected chi connectivity index (χ3v) is 5.34. The molecule has 2 aliphatic heterocycles. The van der Waals surface area contributed by atoms with Crippen LogP contribution < -0.4 is 9.80 Å². The first-order valence-electron chi connectivity index (χ1n) is 8.24. The number of hydrogen-bond acceptors (Lipinski definition) is 0. The fraction of sp³-hybridized carbons (Fsp3) is 0.647. The third-order valence-electron chi connectivity index (χ3n) is 5.11.